The van der Waals surface area contributed by atoms with Gasteiger partial charge in [0.2, 0.25) is 0 Å². The smallest absolute Gasteiger partial charge is 0.289 e. The first-order valence-electron chi connectivity index (χ1n) is 5.99. The number of carbonyl (C=O) groups is 1. The van der Waals surface area contributed by atoms with Crippen LogP contribution >= 0.6 is 11.6 Å². The van der Waals surface area contributed by atoms with Crippen molar-refractivity contribution in [2.45, 2.75) is 6.54 Å². The van der Waals surface area contributed by atoms with Crippen molar-refractivity contribution in [3.8, 4) is 0 Å². The van der Waals surface area contributed by atoms with Crippen LogP contribution in [0.5, 0.6) is 0 Å². The Morgan fingerprint density at radius 1 is 1.21 bits per heavy atom. The molecule has 0 aliphatic heterocycles. The number of nitrogens with two attached hydrogens (primary N) is 1. The van der Waals surface area contributed by atoms with E-state index in [9.17, 15) is 4.79 Å². The van der Waals surface area contributed by atoms with Gasteiger partial charge in [0.15, 0.2) is 11.0 Å². The largest absolute Gasteiger partial charge is 0.440 e. The number of halogens is 1. The minimum atomic E-state index is -0.207. The van der Waals surface area contributed by atoms with Crippen LogP contribution < -0.4 is 5.73 Å². The fourth-order valence-corrected chi connectivity index (χ4v) is 1.94. The molecule has 2 N–H and O–H groups in total. The predicted molar refractivity (Wildman–Crippen MR) is 74.0 cm³/mol. The van der Waals surface area contributed by atoms with Crippen LogP contribution in [0.15, 0.2) is 46.9 Å². The highest BCUT2D eigenvalue weighted by Gasteiger charge is 2.18. The van der Waals surface area contributed by atoms with Gasteiger partial charge in [-0.3, -0.25) is 4.79 Å². The highest BCUT2D eigenvalue weighted by molar-refractivity contribution is 6.29. The summed E-state index contributed by atoms with van der Waals surface area (Å²) in [6, 6.07) is 12.9. The number of hydrogen-bond donors (Lipinski definition) is 1. The predicted octanol–water partition coefficient (Wildman–Crippen LogP) is 2.53. The van der Waals surface area contributed by atoms with Crippen LogP contribution in [-0.4, -0.2) is 23.9 Å². The zero-order valence-electron chi connectivity index (χ0n) is 10.4. The first-order valence-corrected chi connectivity index (χ1v) is 6.37. The normalized spacial score (nSPS) is 10.4. The third kappa shape index (κ3) is 3.59. The Kier molecular flexibility index (Phi) is 4.60. The first kappa shape index (κ1) is 13.6. The van der Waals surface area contributed by atoms with Gasteiger partial charge in [-0.25, -0.2) is 0 Å². The van der Waals surface area contributed by atoms with Gasteiger partial charge in [0.1, 0.15) is 0 Å². The van der Waals surface area contributed by atoms with Crippen LogP contribution in [0.25, 0.3) is 0 Å². The molecule has 0 atom stereocenters. The molecule has 0 fully saturated rings. The second-order valence-electron chi connectivity index (χ2n) is 4.10. The topological polar surface area (TPSA) is 59.5 Å². The SMILES string of the molecule is NCCN(Cc1ccccc1)C(=O)c1ccc(Cl)o1. The van der Waals surface area contributed by atoms with Gasteiger partial charge in [-0.1, -0.05) is 30.3 Å². The van der Waals surface area contributed by atoms with Gasteiger partial charge < -0.3 is 15.1 Å². The van der Waals surface area contributed by atoms with Crippen molar-refractivity contribution in [2.75, 3.05) is 13.1 Å². The van der Waals surface area contributed by atoms with Gasteiger partial charge in [-0.2, -0.15) is 0 Å². The van der Waals surface area contributed by atoms with E-state index in [4.69, 9.17) is 21.8 Å². The molecule has 1 amide bonds. The number of amides is 1. The number of benzene rings is 1. The Labute approximate surface area is 116 Å². The zero-order valence-corrected chi connectivity index (χ0v) is 11.1. The summed E-state index contributed by atoms with van der Waals surface area (Å²) in [5.41, 5.74) is 6.60. The summed E-state index contributed by atoms with van der Waals surface area (Å²) in [6.45, 7) is 1.36. The maximum Gasteiger partial charge on any atom is 0.289 e. The van der Waals surface area contributed by atoms with Crippen molar-refractivity contribution in [1.29, 1.82) is 0 Å². The quantitative estimate of drug-likeness (QED) is 0.914. The van der Waals surface area contributed by atoms with Gasteiger partial charge in [0.05, 0.1) is 0 Å². The molecule has 1 aromatic heterocycles. The third-order valence-corrected chi connectivity index (χ3v) is 2.89. The average Bonchev–Trinajstić information content (AvgIpc) is 2.85. The minimum Gasteiger partial charge on any atom is -0.440 e. The van der Waals surface area contributed by atoms with E-state index in [-0.39, 0.29) is 16.9 Å². The second kappa shape index (κ2) is 6.41. The number of nitrogens with zero attached hydrogens (tertiary/aromatic N) is 1. The molecule has 0 bridgehead atoms. The molecule has 5 heteroatoms. The van der Waals surface area contributed by atoms with E-state index < -0.39 is 0 Å². The molecule has 0 aliphatic carbocycles. The Morgan fingerprint density at radius 2 is 1.95 bits per heavy atom. The second-order valence-corrected chi connectivity index (χ2v) is 4.48. The number of hydrogen-bond acceptors (Lipinski definition) is 3. The summed E-state index contributed by atoms with van der Waals surface area (Å²) in [7, 11) is 0. The molecule has 0 unspecified atom stereocenters. The molecule has 2 aromatic rings. The van der Waals surface area contributed by atoms with E-state index in [0.717, 1.165) is 5.56 Å². The summed E-state index contributed by atoms with van der Waals surface area (Å²) in [6.07, 6.45) is 0. The van der Waals surface area contributed by atoms with Crippen LogP contribution in [0.1, 0.15) is 16.1 Å². The van der Waals surface area contributed by atoms with E-state index in [2.05, 4.69) is 0 Å². The monoisotopic (exact) mass is 278 g/mol. The molecule has 1 aromatic carbocycles. The van der Waals surface area contributed by atoms with Gasteiger partial charge in [0, 0.05) is 19.6 Å². The summed E-state index contributed by atoms with van der Waals surface area (Å²) in [4.78, 5) is 13.9. The Hall–Kier alpha value is -1.78. The first-order chi connectivity index (χ1) is 9.20. The highest BCUT2D eigenvalue weighted by atomic mass is 35.5. The van der Waals surface area contributed by atoms with Crippen molar-refractivity contribution in [3.05, 3.63) is 59.0 Å². The summed E-state index contributed by atoms with van der Waals surface area (Å²) < 4.78 is 5.14. The summed E-state index contributed by atoms with van der Waals surface area (Å²) in [5, 5.41) is 0.204. The number of carbonyl (C=O) groups excluding carboxylic acids is 1. The fourth-order valence-electron chi connectivity index (χ4n) is 1.80. The van der Waals surface area contributed by atoms with Crippen LogP contribution in [0.4, 0.5) is 0 Å². The lowest BCUT2D eigenvalue weighted by Gasteiger charge is -2.20. The molecule has 4 nitrogen and oxygen atoms in total. The summed E-state index contributed by atoms with van der Waals surface area (Å²) >= 11 is 5.68. The lowest BCUT2D eigenvalue weighted by Crippen LogP contribution is -2.34. The lowest BCUT2D eigenvalue weighted by atomic mass is 10.2. The van der Waals surface area contributed by atoms with Crippen molar-refractivity contribution < 1.29 is 9.21 Å². The molecule has 0 saturated heterocycles. The molecule has 0 aliphatic rings. The minimum absolute atomic E-state index is 0.204. The van der Waals surface area contributed by atoms with Crippen molar-refractivity contribution in [2.24, 2.45) is 5.73 Å². The van der Waals surface area contributed by atoms with E-state index >= 15 is 0 Å². The van der Waals surface area contributed by atoms with Crippen LogP contribution in [0.2, 0.25) is 5.22 Å². The standard InChI is InChI=1S/C14H15ClN2O2/c15-13-7-6-12(19-13)14(18)17(9-8-16)10-11-4-2-1-3-5-11/h1-7H,8-10,16H2. The molecular formula is C14H15ClN2O2. The molecule has 1 heterocycles. The summed E-state index contributed by atoms with van der Waals surface area (Å²) in [5.74, 6) is 0.0237. The van der Waals surface area contributed by atoms with Crippen molar-refractivity contribution in [3.63, 3.8) is 0 Å². The molecule has 19 heavy (non-hydrogen) atoms. The van der Waals surface area contributed by atoms with Crippen molar-refractivity contribution in [1.82, 2.24) is 4.90 Å². The number of furan rings is 1. The third-order valence-electron chi connectivity index (χ3n) is 2.69. The van der Waals surface area contributed by atoms with Crippen molar-refractivity contribution >= 4 is 17.5 Å². The van der Waals surface area contributed by atoms with Gasteiger partial charge in [-0.05, 0) is 29.3 Å². The molecule has 100 valence electrons. The van der Waals surface area contributed by atoms with E-state index in [1.165, 1.54) is 0 Å². The maximum absolute atomic E-state index is 12.3. The maximum atomic E-state index is 12.3. The fraction of sp³-hybridized carbons (Fsp3) is 0.214. The molecule has 0 spiro atoms. The molecular weight excluding hydrogens is 264 g/mol. The van der Waals surface area contributed by atoms with Gasteiger partial charge in [-0.15, -0.1) is 0 Å². The average molecular weight is 279 g/mol. The lowest BCUT2D eigenvalue weighted by molar-refractivity contribution is 0.0716. The zero-order chi connectivity index (χ0) is 13.7. The molecule has 0 saturated carbocycles. The van der Waals surface area contributed by atoms with Crippen LogP contribution in [0, 0.1) is 0 Å². The van der Waals surface area contributed by atoms with E-state index in [0.29, 0.717) is 19.6 Å². The van der Waals surface area contributed by atoms with E-state index in [1.54, 1.807) is 17.0 Å². The highest BCUT2D eigenvalue weighted by Crippen LogP contribution is 2.16. The van der Waals surface area contributed by atoms with Crippen LogP contribution in [-0.2, 0) is 6.54 Å². The number of rotatable bonds is 5. The Bertz CT molecular complexity index is 539. The Morgan fingerprint density at radius 3 is 2.53 bits per heavy atom. The van der Waals surface area contributed by atoms with Crippen LogP contribution in [0.3, 0.4) is 0 Å². The molecule has 0 radical (unpaired) electrons. The Balaban J connectivity index is 2.13. The van der Waals surface area contributed by atoms with Gasteiger partial charge >= 0.3 is 0 Å². The molecule has 2 rings (SSSR count). The van der Waals surface area contributed by atoms with E-state index in [1.807, 2.05) is 30.3 Å². The van der Waals surface area contributed by atoms with Gasteiger partial charge in [0.25, 0.3) is 5.91 Å².